The molecule has 9 heteroatoms. The number of aromatic nitrogens is 5. The molecule has 3 heterocycles. The van der Waals surface area contributed by atoms with Gasteiger partial charge in [-0.1, -0.05) is 27.7 Å². The van der Waals surface area contributed by atoms with E-state index in [2.05, 4.69) is 63.2 Å². The summed E-state index contributed by atoms with van der Waals surface area (Å²) in [5.41, 5.74) is 3.73. The van der Waals surface area contributed by atoms with E-state index in [1.165, 1.54) is 11.3 Å². The van der Waals surface area contributed by atoms with E-state index in [0.717, 1.165) is 62.1 Å². The van der Waals surface area contributed by atoms with E-state index in [9.17, 15) is 0 Å². The highest BCUT2D eigenvalue weighted by atomic mass is 127. The van der Waals surface area contributed by atoms with E-state index in [1.54, 1.807) is 0 Å². The number of fused-ring (bicyclic) bond motifs is 1. The molecule has 0 radical (unpaired) electrons. The van der Waals surface area contributed by atoms with Crippen LogP contribution in [0.15, 0.2) is 4.99 Å². The number of halogens is 1. The minimum absolute atomic E-state index is 0. The van der Waals surface area contributed by atoms with Gasteiger partial charge in [-0.05, 0) is 19.3 Å². The third-order valence-electron chi connectivity index (χ3n) is 5.42. The molecule has 1 aliphatic rings. The molecule has 0 bridgehead atoms. The topological polar surface area (TPSA) is 84.9 Å². The maximum atomic E-state index is 4.67. The van der Waals surface area contributed by atoms with E-state index in [-0.39, 0.29) is 24.0 Å². The first-order chi connectivity index (χ1) is 13.5. The van der Waals surface area contributed by atoms with Gasteiger partial charge in [-0.2, -0.15) is 10.2 Å². The van der Waals surface area contributed by atoms with Crippen LogP contribution in [0.1, 0.15) is 68.6 Å². The van der Waals surface area contributed by atoms with Crippen LogP contribution in [0.3, 0.4) is 0 Å². The van der Waals surface area contributed by atoms with Gasteiger partial charge in [0.15, 0.2) is 11.8 Å². The summed E-state index contributed by atoms with van der Waals surface area (Å²) in [7, 11) is 3.85. The van der Waals surface area contributed by atoms with Gasteiger partial charge in [0.1, 0.15) is 5.82 Å². The maximum Gasteiger partial charge on any atom is 0.191 e. The molecule has 1 unspecified atom stereocenters. The van der Waals surface area contributed by atoms with Crippen molar-refractivity contribution in [2.45, 2.75) is 78.4 Å². The average Bonchev–Trinajstić information content (AvgIpc) is 3.24. The van der Waals surface area contributed by atoms with Gasteiger partial charge in [-0.3, -0.25) is 9.67 Å². The molecular formula is C20H35IN8. The van der Waals surface area contributed by atoms with Gasteiger partial charge in [0.25, 0.3) is 0 Å². The summed E-state index contributed by atoms with van der Waals surface area (Å²) in [6.07, 6.45) is 3.89. The third kappa shape index (κ3) is 5.29. The largest absolute Gasteiger partial charge is 0.352 e. The molecule has 0 fully saturated rings. The highest BCUT2D eigenvalue weighted by molar-refractivity contribution is 14.0. The molecule has 3 rings (SSSR count). The van der Waals surface area contributed by atoms with Crippen molar-refractivity contribution in [3.63, 3.8) is 0 Å². The second kappa shape index (κ2) is 10.4. The van der Waals surface area contributed by atoms with Crippen molar-refractivity contribution >= 4 is 29.9 Å². The molecule has 162 valence electrons. The molecular weight excluding hydrogens is 479 g/mol. The zero-order chi connectivity index (χ0) is 20.3. The van der Waals surface area contributed by atoms with Crippen molar-refractivity contribution in [2.24, 2.45) is 12.0 Å². The minimum atomic E-state index is 0. The molecule has 0 amide bonds. The lowest BCUT2D eigenvalue weighted by Crippen LogP contribution is -2.46. The fourth-order valence-corrected chi connectivity index (χ4v) is 3.84. The van der Waals surface area contributed by atoms with Crippen LogP contribution in [0.2, 0.25) is 0 Å². The number of hydrogen-bond acceptors (Lipinski definition) is 4. The number of aryl methyl sites for hydroxylation is 3. The number of rotatable bonds is 6. The summed E-state index contributed by atoms with van der Waals surface area (Å²) in [5.74, 6) is 3.22. The summed E-state index contributed by atoms with van der Waals surface area (Å²) in [6, 6.07) is 0.297. The summed E-state index contributed by atoms with van der Waals surface area (Å²) in [6.45, 7) is 10.2. The van der Waals surface area contributed by atoms with Crippen LogP contribution in [-0.2, 0) is 39.4 Å². The summed E-state index contributed by atoms with van der Waals surface area (Å²) in [5, 5.41) is 16.4. The van der Waals surface area contributed by atoms with E-state index in [1.807, 2.05) is 18.8 Å². The van der Waals surface area contributed by atoms with E-state index in [4.69, 9.17) is 0 Å². The Balaban J connectivity index is 0.00000300. The van der Waals surface area contributed by atoms with Crippen molar-refractivity contribution in [3.8, 4) is 0 Å². The predicted molar refractivity (Wildman–Crippen MR) is 127 cm³/mol. The Morgan fingerprint density at radius 1 is 1.24 bits per heavy atom. The first kappa shape index (κ1) is 23.6. The Hall–Kier alpha value is -1.65. The molecule has 0 aromatic carbocycles. The molecule has 0 aliphatic carbocycles. The van der Waals surface area contributed by atoms with Crippen molar-refractivity contribution in [2.75, 3.05) is 7.05 Å². The molecule has 0 saturated heterocycles. The summed E-state index contributed by atoms with van der Waals surface area (Å²) >= 11 is 0. The number of hydrogen-bond donors (Lipinski definition) is 2. The lowest BCUT2D eigenvalue weighted by atomic mass is 10.1. The van der Waals surface area contributed by atoms with Crippen LogP contribution in [0.4, 0.5) is 0 Å². The molecule has 2 aromatic rings. The molecule has 2 N–H and O–H groups in total. The first-order valence-corrected chi connectivity index (χ1v) is 10.4. The Morgan fingerprint density at radius 2 is 2.00 bits per heavy atom. The summed E-state index contributed by atoms with van der Waals surface area (Å²) < 4.78 is 4.06. The van der Waals surface area contributed by atoms with E-state index in [0.29, 0.717) is 12.0 Å². The van der Waals surface area contributed by atoms with Crippen LogP contribution < -0.4 is 10.6 Å². The van der Waals surface area contributed by atoms with E-state index < -0.39 is 0 Å². The van der Waals surface area contributed by atoms with Crippen molar-refractivity contribution in [1.29, 1.82) is 0 Å². The van der Waals surface area contributed by atoms with Gasteiger partial charge in [0, 0.05) is 50.3 Å². The fourth-order valence-electron chi connectivity index (χ4n) is 3.84. The lowest BCUT2D eigenvalue weighted by Gasteiger charge is -2.25. The van der Waals surface area contributed by atoms with Gasteiger partial charge < -0.3 is 10.6 Å². The van der Waals surface area contributed by atoms with Gasteiger partial charge in [0.05, 0.1) is 12.2 Å². The van der Waals surface area contributed by atoms with Crippen molar-refractivity contribution in [1.82, 2.24) is 35.2 Å². The lowest BCUT2D eigenvalue weighted by molar-refractivity contribution is 0.391. The Bertz CT molecular complexity index is 836. The second-order valence-corrected chi connectivity index (χ2v) is 7.73. The SMILES string of the molecule is CCc1nn(C)c(CC)c1CNC(=NC)NC1CCc2nc(C(C)C)nn2C1.I. The van der Waals surface area contributed by atoms with Crippen LogP contribution >= 0.6 is 24.0 Å². The van der Waals surface area contributed by atoms with Gasteiger partial charge in [-0.25, -0.2) is 9.67 Å². The Labute approximate surface area is 191 Å². The number of nitrogens with one attached hydrogen (secondary N) is 2. The average molecular weight is 514 g/mol. The van der Waals surface area contributed by atoms with Crippen molar-refractivity contribution in [3.05, 3.63) is 28.6 Å². The fraction of sp³-hybridized carbons (Fsp3) is 0.700. The zero-order valence-corrected chi connectivity index (χ0v) is 20.8. The first-order valence-electron chi connectivity index (χ1n) is 10.4. The monoisotopic (exact) mass is 514 g/mol. The molecule has 0 spiro atoms. The normalized spacial score (nSPS) is 16.5. The Kier molecular flexibility index (Phi) is 8.47. The highest BCUT2D eigenvalue weighted by Crippen LogP contribution is 2.17. The molecule has 1 aliphatic heterocycles. The van der Waals surface area contributed by atoms with Gasteiger partial charge in [0.2, 0.25) is 0 Å². The zero-order valence-electron chi connectivity index (χ0n) is 18.5. The van der Waals surface area contributed by atoms with Crippen LogP contribution in [0.5, 0.6) is 0 Å². The smallest absolute Gasteiger partial charge is 0.191 e. The second-order valence-electron chi connectivity index (χ2n) is 7.73. The van der Waals surface area contributed by atoms with Crippen LogP contribution in [-0.4, -0.2) is 43.6 Å². The van der Waals surface area contributed by atoms with Gasteiger partial charge >= 0.3 is 0 Å². The quantitative estimate of drug-likeness (QED) is 0.352. The van der Waals surface area contributed by atoms with Crippen molar-refractivity contribution < 1.29 is 0 Å². The number of aliphatic imine (C=N–C) groups is 1. The molecule has 2 aromatic heterocycles. The Morgan fingerprint density at radius 3 is 2.62 bits per heavy atom. The summed E-state index contributed by atoms with van der Waals surface area (Å²) in [4.78, 5) is 9.10. The molecule has 1 atom stereocenters. The van der Waals surface area contributed by atoms with Gasteiger partial charge in [-0.15, -0.1) is 24.0 Å². The highest BCUT2D eigenvalue weighted by Gasteiger charge is 2.23. The standard InChI is InChI=1S/C20H34N8.HI/c1-7-16-15(17(8-2)27(6)25-16)11-22-20(21-5)23-14-9-10-18-24-19(13(3)4)26-28(18)12-14;/h13-14H,7-12H2,1-6H3,(H2,21,22,23);1H. The number of guanidine groups is 1. The molecule has 29 heavy (non-hydrogen) atoms. The molecule has 8 nitrogen and oxygen atoms in total. The minimum Gasteiger partial charge on any atom is -0.352 e. The molecule has 0 saturated carbocycles. The predicted octanol–water partition coefficient (Wildman–Crippen LogP) is 2.56. The number of nitrogens with zero attached hydrogens (tertiary/aromatic N) is 6. The van der Waals surface area contributed by atoms with E-state index >= 15 is 0 Å². The third-order valence-corrected chi connectivity index (χ3v) is 5.42. The van der Waals surface area contributed by atoms with Crippen LogP contribution in [0.25, 0.3) is 0 Å². The van der Waals surface area contributed by atoms with Crippen LogP contribution in [0, 0.1) is 0 Å². The maximum absolute atomic E-state index is 4.67.